The van der Waals surface area contributed by atoms with E-state index in [1.165, 1.54) is 0 Å². The molecule has 1 unspecified atom stereocenters. The van der Waals surface area contributed by atoms with Gasteiger partial charge in [-0.25, -0.2) is 4.98 Å². The number of benzene rings is 1. The van der Waals surface area contributed by atoms with Crippen molar-refractivity contribution in [2.24, 2.45) is 0 Å². The average Bonchev–Trinajstić information content (AvgIpc) is 2.87. The van der Waals surface area contributed by atoms with Crippen LogP contribution in [0.15, 0.2) is 34.9 Å². The van der Waals surface area contributed by atoms with Gasteiger partial charge in [-0.05, 0) is 12.5 Å². The Balaban J connectivity index is 2.10. The predicted molar refractivity (Wildman–Crippen MR) is 83.6 cm³/mol. The summed E-state index contributed by atoms with van der Waals surface area (Å²) in [7, 11) is 0. The smallest absolute Gasteiger partial charge is 0.325 e. The molecule has 1 atom stereocenters. The summed E-state index contributed by atoms with van der Waals surface area (Å²) in [6, 6.07) is 6.69. The Morgan fingerprint density at radius 3 is 2.68 bits per heavy atom. The first-order chi connectivity index (χ1) is 10.3. The maximum atomic E-state index is 11.5. The van der Waals surface area contributed by atoms with Gasteiger partial charge in [0.25, 0.3) is 0 Å². The van der Waals surface area contributed by atoms with E-state index in [0.717, 1.165) is 11.1 Å². The molecule has 0 amide bonds. The van der Waals surface area contributed by atoms with E-state index >= 15 is 0 Å². The fraction of sp³-hybridized carbons (Fsp3) is 0.412. The predicted octanol–water partition coefficient (Wildman–Crippen LogP) is 3.20. The Labute approximate surface area is 130 Å². The van der Waals surface area contributed by atoms with Gasteiger partial charge in [-0.2, -0.15) is 0 Å². The summed E-state index contributed by atoms with van der Waals surface area (Å²) >= 11 is 0. The zero-order valence-electron chi connectivity index (χ0n) is 13.4. The van der Waals surface area contributed by atoms with Gasteiger partial charge in [-0.3, -0.25) is 10.1 Å². The van der Waals surface area contributed by atoms with Gasteiger partial charge in [0.05, 0.1) is 12.7 Å². The monoisotopic (exact) mass is 302 g/mol. The highest BCUT2D eigenvalue weighted by Gasteiger charge is 2.22. The molecule has 0 fully saturated rings. The summed E-state index contributed by atoms with van der Waals surface area (Å²) < 4.78 is 5.67. The molecular weight excluding hydrogens is 280 g/mol. The van der Waals surface area contributed by atoms with Crippen molar-refractivity contribution in [3.63, 3.8) is 0 Å². The summed E-state index contributed by atoms with van der Waals surface area (Å²) in [6.45, 7) is 8.30. The Bertz CT molecular complexity index is 656. The third-order valence-electron chi connectivity index (χ3n) is 3.30. The highest BCUT2D eigenvalue weighted by atomic mass is 16.4. The van der Waals surface area contributed by atoms with Gasteiger partial charge in [-0.1, -0.05) is 50.6 Å². The van der Waals surface area contributed by atoms with Gasteiger partial charge in [-0.15, -0.1) is 0 Å². The maximum absolute atomic E-state index is 11.5. The van der Waals surface area contributed by atoms with E-state index in [0.29, 0.717) is 18.2 Å². The van der Waals surface area contributed by atoms with Crippen LogP contribution in [0.2, 0.25) is 0 Å². The van der Waals surface area contributed by atoms with Crippen molar-refractivity contribution in [3.8, 4) is 0 Å². The Kier molecular flexibility index (Phi) is 4.66. The van der Waals surface area contributed by atoms with Crippen LogP contribution in [0.1, 0.15) is 49.6 Å². The summed E-state index contributed by atoms with van der Waals surface area (Å²) in [5.41, 5.74) is 1.59. The molecule has 0 spiro atoms. The van der Waals surface area contributed by atoms with Crippen molar-refractivity contribution in [2.45, 2.75) is 45.7 Å². The molecule has 0 saturated carbocycles. The lowest BCUT2D eigenvalue weighted by Gasteiger charge is -2.15. The second-order valence-electron chi connectivity index (χ2n) is 6.45. The molecule has 22 heavy (non-hydrogen) atoms. The van der Waals surface area contributed by atoms with E-state index in [4.69, 9.17) is 4.42 Å². The summed E-state index contributed by atoms with van der Waals surface area (Å²) in [4.78, 5) is 15.7. The fourth-order valence-electron chi connectivity index (χ4n) is 2.14. The lowest BCUT2D eigenvalue weighted by atomic mass is 9.97. The van der Waals surface area contributed by atoms with E-state index in [2.05, 4.69) is 10.3 Å². The lowest BCUT2D eigenvalue weighted by Crippen LogP contribution is -2.28. The Morgan fingerprint density at radius 1 is 1.41 bits per heavy atom. The normalized spacial score (nSPS) is 13.1. The second-order valence-corrected chi connectivity index (χ2v) is 6.45. The number of carboxylic acids is 1. The minimum absolute atomic E-state index is 0.166. The van der Waals surface area contributed by atoms with Crippen LogP contribution >= 0.6 is 0 Å². The van der Waals surface area contributed by atoms with Gasteiger partial charge >= 0.3 is 5.97 Å². The molecule has 0 aliphatic heterocycles. The zero-order valence-corrected chi connectivity index (χ0v) is 13.4. The van der Waals surface area contributed by atoms with Crippen LogP contribution < -0.4 is 5.32 Å². The largest absolute Gasteiger partial charge is 0.480 e. The Morgan fingerprint density at radius 2 is 2.14 bits per heavy atom. The molecule has 1 aromatic heterocycles. The highest BCUT2D eigenvalue weighted by Crippen LogP contribution is 2.22. The van der Waals surface area contributed by atoms with Crippen molar-refractivity contribution in [2.75, 3.05) is 0 Å². The molecule has 5 nitrogen and oxygen atoms in total. The minimum atomic E-state index is -0.916. The van der Waals surface area contributed by atoms with Gasteiger partial charge in [0.2, 0.25) is 0 Å². The number of aryl methyl sites for hydroxylation is 1. The summed E-state index contributed by atoms with van der Waals surface area (Å²) in [6.07, 6.45) is 1.64. The quantitative estimate of drug-likeness (QED) is 0.887. The molecule has 0 aliphatic carbocycles. The first-order valence-electron chi connectivity index (χ1n) is 7.25. The molecule has 118 valence electrons. The number of nitrogens with one attached hydrogen (secondary N) is 1. The first-order valence-corrected chi connectivity index (χ1v) is 7.25. The van der Waals surface area contributed by atoms with E-state index in [1.54, 1.807) is 12.3 Å². The van der Waals surface area contributed by atoms with Crippen molar-refractivity contribution in [3.05, 3.63) is 53.2 Å². The standard InChI is InChI=1S/C17H22N2O3/c1-11-6-5-7-12(8-11)14(15(20)21)18-9-13-10-19-16(22-13)17(2,3)4/h5-8,10,14,18H,9H2,1-4H3,(H,20,21). The van der Waals surface area contributed by atoms with E-state index < -0.39 is 12.0 Å². The summed E-state index contributed by atoms with van der Waals surface area (Å²) in [5.74, 6) is 0.358. The highest BCUT2D eigenvalue weighted by molar-refractivity contribution is 5.75. The number of oxazole rings is 1. The molecule has 1 aromatic carbocycles. The van der Waals surface area contributed by atoms with Crippen LogP contribution in [0.25, 0.3) is 0 Å². The van der Waals surface area contributed by atoms with Gasteiger partial charge < -0.3 is 9.52 Å². The molecule has 2 rings (SSSR count). The fourth-order valence-corrected chi connectivity index (χ4v) is 2.14. The van der Waals surface area contributed by atoms with Gasteiger partial charge in [0, 0.05) is 5.41 Å². The van der Waals surface area contributed by atoms with E-state index in [-0.39, 0.29) is 5.41 Å². The number of carbonyl (C=O) groups is 1. The molecule has 0 aliphatic rings. The lowest BCUT2D eigenvalue weighted by molar-refractivity contribution is -0.139. The van der Waals surface area contributed by atoms with Crippen LogP contribution in [0.5, 0.6) is 0 Å². The number of rotatable bonds is 5. The topological polar surface area (TPSA) is 75.4 Å². The second kappa shape index (κ2) is 6.32. The number of aliphatic carboxylic acids is 1. The van der Waals surface area contributed by atoms with E-state index in [9.17, 15) is 9.90 Å². The number of nitrogens with zero attached hydrogens (tertiary/aromatic N) is 1. The zero-order chi connectivity index (χ0) is 16.3. The molecule has 0 radical (unpaired) electrons. The number of carboxylic acid groups (broad SMARTS) is 1. The molecule has 0 saturated heterocycles. The minimum Gasteiger partial charge on any atom is -0.480 e. The van der Waals surface area contributed by atoms with Crippen LogP contribution in [-0.2, 0) is 16.8 Å². The van der Waals surface area contributed by atoms with Crippen molar-refractivity contribution >= 4 is 5.97 Å². The van der Waals surface area contributed by atoms with Crippen LogP contribution in [0, 0.1) is 6.92 Å². The number of hydrogen-bond acceptors (Lipinski definition) is 4. The van der Waals surface area contributed by atoms with Gasteiger partial charge in [0.15, 0.2) is 5.89 Å². The van der Waals surface area contributed by atoms with Crippen LogP contribution in [0.4, 0.5) is 0 Å². The third kappa shape index (κ3) is 3.95. The Hall–Kier alpha value is -2.14. The average molecular weight is 302 g/mol. The third-order valence-corrected chi connectivity index (χ3v) is 3.30. The molecule has 2 N–H and O–H groups in total. The maximum Gasteiger partial charge on any atom is 0.325 e. The molecule has 1 heterocycles. The molecular formula is C17H22N2O3. The van der Waals surface area contributed by atoms with Crippen molar-refractivity contribution in [1.82, 2.24) is 10.3 Å². The number of hydrogen-bond donors (Lipinski definition) is 2. The van der Waals surface area contributed by atoms with Crippen LogP contribution in [0.3, 0.4) is 0 Å². The SMILES string of the molecule is Cc1cccc(C(NCc2cnc(C(C)(C)C)o2)C(=O)O)c1. The van der Waals surface area contributed by atoms with Crippen LogP contribution in [-0.4, -0.2) is 16.1 Å². The van der Waals surface area contributed by atoms with E-state index in [1.807, 2.05) is 45.9 Å². The number of aromatic nitrogens is 1. The molecule has 5 heteroatoms. The summed E-state index contributed by atoms with van der Waals surface area (Å²) in [5, 5.41) is 12.4. The molecule has 2 aromatic rings. The van der Waals surface area contributed by atoms with Gasteiger partial charge in [0.1, 0.15) is 11.8 Å². The van der Waals surface area contributed by atoms with Crippen molar-refractivity contribution in [1.29, 1.82) is 0 Å². The first kappa shape index (κ1) is 16.2. The van der Waals surface area contributed by atoms with Crippen molar-refractivity contribution < 1.29 is 14.3 Å². The molecule has 0 bridgehead atoms.